The zero-order valence-electron chi connectivity index (χ0n) is 6.99. The van der Waals surface area contributed by atoms with E-state index in [1.54, 1.807) is 0 Å². The Morgan fingerprint density at radius 1 is 1.55 bits per heavy atom. The first-order chi connectivity index (χ1) is 5.05. The summed E-state index contributed by atoms with van der Waals surface area (Å²) in [5, 5.41) is 3.69. The molecule has 0 aromatic heterocycles. The molecule has 1 aliphatic rings. The molecule has 11 heavy (non-hydrogen) atoms. The molecule has 0 saturated carbocycles. The van der Waals surface area contributed by atoms with Crippen LogP contribution in [0.25, 0.3) is 10.4 Å². The van der Waals surface area contributed by atoms with Crippen LogP contribution in [0.3, 0.4) is 0 Å². The Labute approximate surface area is 67.4 Å². The van der Waals surface area contributed by atoms with Crippen molar-refractivity contribution in [3.05, 3.63) is 10.4 Å². The Balaban J connectivity index is 2.66. The van der Waals surface area contributed by atoms with Gasteiger partial charge in [0.05, 0.1) is 0 Å². The van der Waals surface area contributed by atoms with Crippen LogP contribution in [0.4, 0.5) is 0 Å². The molecule has 0 spiro atoms. The molecular formula is C6H14N4Si. The topological polar surface area (TPSA) is 74.8 Å². The summed E-state index contributed by atoms with van der Waals surface area (Å²) in [6.07, 6.45) is 0. The number of azide groups is 1. The molecule has 5 heteroatoms. The summed E-state index contributed by atoms with van der Waals surface area (Å²) in [4.78, 5) is 2.80. The predicted molar refractivity (Wildman–Crippen MR) is 48.0 cm³/mol. The van der Waals surface area contributed by atoms with Crippen LogP contribution in [0.2, 0.25) is 25.2 Å². The lowest BCUT2D eigenvalue weighted by Gasteiger charge is -2.11. The summed E-state index contributed by atoms with van der Waals surface area (Å²) < 4.78 is 0. The molecule has 0 amide bonds. The van der Waals surface area contributed by atoms with Gasteiger partial charge in [-0.3, -0.25) is 0 Å². The molecule has 0 radical (unpaired) electrons. The lowest BCUT2D eigenvalue weighted by Crippen LogP contribution is -2.27. The molecule has 1 fully saturated rings. The minimum Gasteiger partial charge on any atom is -0.328 e. The fourth-order valence-corrected chi connectivity index (χ4v) is 5.00. The number of hydrogen-bond donors (Lipinski definition) is 1. The molecule has 0 aromatic rings. The van der Waals surface area contributed by atoms with Crippen molar-refractivity contribution >= 4 is 8.07 Å². The standard InChI is InChI=1S/C6H14N4Si/c1-11(2)3-5(7)6(4-11)9-10-8/h5-6H,3-4,7H2,1-2H3/t5-,6-/m1/s1. The Morgan fingerprint density at radius 3 is 2.55 bits per heavy atom. The zero-order valence-corrected chi connectivity index (χ0v) is 7.99. The second-order valence-electron chi connectivity index (χ2n) is 4.01. The minimum absolute atomic E-state index is 0.0710. The zero-order chi connectivity index (χ0) is 8.48. The van der Waals surface area contributed by atoms with E-state index in [9.17, 15) is 0 Å². The van der Waals surface area contributed by atoms with Gasteiger partial charge in [0.1, 0.15) is 0 Å². The van der Waals surface area contributed by atoms with E-state index < -0.39 is 8.07 Å². The van der Waals surface area contributed by atoms with Crippen LogP contribution in [0.1, 0.15) is 0 Å². The molecule has 1 saturated heterocycles. The monoisotopic (exact) mass is 170 g/mol. The van der Waals surface area contributed by atoms with Crippen molar-refractivity contribution in [1.29, 1.82) is 0 Å². The van der Waals surface area contributed by atoms with Crippen LogP contribution in [0, 0.1) is 0 Å². The first kappa shape index (κ1) is 8.58. The fourth-order valence-electron chi connectivity index (χ4n) is 1.77. The summed E-state index contributed by atoms with van der Waals surface area (Å²) >= 11 is 0. The average molecular weight is 170 g/mol. The van der Waals surface area contributed by atoms with Gasteiger partial charge in [-0.05, 0) is 17.6 Å². The molecule has 4 nitrogen and oxygen atoms in total. The van der Waals surface area contributed by atoms with E-state index in [2.05, 4.69) is 23.1 Å². The van der Waals surface area contributed by atoms with E-state index in [1.165, 1.54) is 0 Å². The van der Waals surface area contributed by atoms with Gasteiger partial charge in [-0.15, -0.1) is 0 Å². The SMILES string of the molecule is C[Si]1(C)C[C@@H](N)[C@H](N=[N+]=[N-])C1. The highest BCUT2D eigenvalue weighted by Gasteiger charge is 2.37. The molecule has 2 atom stereocenters. The Hall–Kier alpha value is -0.513. The van der Waals surface area contributed by atoms with Gasteiger partial charge in [0.25, 0.3) is 0 Å². The van der Waals surface area contributed by atoms with E-state index in [4.69, 9.17) is 11.3 Å². The normalized spacial score (nSPS) is 34.8. The molecule has 1 aliphatic heterocycles. The third-order valence-electron chi connectivity index (χ3n) is 2.24. The van der Waals surface area contributed by atoms with E-state index in [1.807, 2.05) is 0 Å². The first-order valence-electron chi connectivity index (χ1n) is 3.85. The highest BCUT2D eigenvalue weighted by Crippen LogP contribution is 2.31. The van der Waals surface area contributed by atoms with Crippen molar-refractivity contribution < 1.29 is 0 Å². The maximum atomic E-state index is 8.23. The number of nitrogens with zero attached hydrogens (tertiary/aromatic N) is 3. The van der Waals surface area contributed by atoms with E-state index in [0.717, 1.165) is 12.1 Å². The molecule has 0 bridgehead atoms. The molecule has 0 aromatic carbocycles. The molecule has 2 N–H and O–H groups in total. The summed E-state index contributed by atoms with van der Waals surface area (Å²) in [7, 11) is -1.09. The van der Waals surface area contributed by atoms with Gasteiger partial charge < -0.3 is 5.73 Å². The van der Waals surface area contributed by atoms with Crippen LogP contribution >= 0.6 is 0 Å². The van der Waals surface area contributed by atoms with Crippen molar-refractivity contribution in [3.63, 3.8) is 0 Å². The maximum Gasteiger partial charge on any atom is 0.0499 e. The summed E-state index contributed by atoms with van der Waals surface area (Å²) in [5.41, 5.74) is 14.0. The van der Waals surface area contributed by atoms with Crippen molar-refractivity contribution in [2.45, 2.75) is 37.3 Å². The van der Waals surface area contributed by atoms with Crippen molar-refractivity contribution in [2.75, 3.05) is 0 Å². The highest BCUT2D eigenvalue weighted by atomic mass is 28.3. The van der Waals surface area contributed by atoms with Gasteiger partial charge in [-0.1, -0.05) is 18.2 Å². The van der Waals surface area contributed by atoms with Crippen LogP contribution < -0.4 is 5.73 Å². The first-order valence-corrected chi connectivity index (χ1v) is 7.26. The molecule has 0 aliphatic carbocycles. The molecule has 62 valence electrons. The van der Waals surface area contributed by atoms with Crippen LogP contribution in [0.5, 0.6) is 0 Å². The van der Waals surface area contributed by atoms with Gasteiger partial charge in [-0.25, -0.2) is 0 Å². The Kier molecular flexibility index (Phi) is 2.22. The highest BCUT2D eigenvalue weighted by molar-refractivity contribution is 6.78. The van der Waals surface area contributed by atoms with Gasteiger partial charge in [-0.2, -0.15) is 0 Å². The number of nitrogens with two attached hydrogens (primary N) is 1. The summed E-state index contributed by atoms with van der Waals surface area (Å²) in [6.45, 7) is 4.58. The number of rotatable bonds is 1. The van der Waals surface area contributed by atoms with Crippen molar-refractivity contribution in [2.24, 2.45) is 10.8 Å². The maximum absolute atomic E-state index is 8.23. The summed E-state index contributed by atoms with van der Waals surface area (Å²) in [6, 6.07) is 2.34. The smallest absolute Gasteiger partial charge is 0.0499 e. The second kappa shape index (κ2) is 2.85. The van der Waals surface area contributed by atoms with Crippen LogP contribution in [-0.4, -0.2) is 20.2 Å². The minimum atomic E-state index is -1.09. The number of hydrogen-bond acceptors (Lipinski definition) is 2. The Bertz CT molecular complexity index is 197. The van der Waals surface area contributed by atoms with Gasteiger partial charge in [0.15, 0.2) is 0 Å². The van der Waals surface area contributed by atoms with Gasteiger partial charge in [0, 0.05) is 25.1 Å². The van der Waals surface area contributed by atoms with Crippen molar-refractivity contribution in [3.8, 4) is 0 Å². The molecular weight excluding hydrogens is 156 g/mol. The van der Waals surface area contributed by atoms with Gasteiger partial charge >= 0.3 is 0 Å². The van der Waals surface area contributed by atoms with Crippen molar-refractivity contribution in [1.82, 2.24) is 0 Å². The van der Waals surface area contributed by atoms with E-state index >= 15 is 0 Å². The fraction of sp³-hybridized carbons (Fsp3) is 1.00. The third-order valence-corrected chi connectivity index (χ3v) is 5.34. The van der Waals surface area contributed by atoms with Gasteiger partial charge in [0.2, 0.25) is 0 Å². The van der Waals surface area contributed by atoms with Crippen LogP contribution in [-0.2, 0) is 0 Å². The van der Waals surface area contributed by atoms with Crippen LogP contribution in [0.15, 0.2) is 5.11 Å². The largest absolute Gasteiger partial charge is 0.328 e. The third kappa shape index (κ3) is 1.96. The molecule has 0 unspecified atom stereocenters. The molecule has 1 heterocycles. The molecule has 1 rings (SSSR count). The Morgan fingerprint density at radius 2 is 2.18 bits per heavy atom. The lowest BCUT2D eigenvalue weighted by atomic mass is 10.2. The predicted octanol–water partition coefficient (Wildman–Crippen LogP) is 1.71. The van der Waals surface area contributed by atoms with E-state index in [-0.39, 0.29) is 12.1 Å². The summed E-state index contributed by atoms with van der Waals surface area (Å²) in [5.74, 6) is 0. The second-order valence-corrected chi connectivity index (χ2v) is 9.15. The van der Waals surface area contributed by atoms with E-state index in [0.29, 0.717) is 0 Å². The average Bonchev–Trinajstić information content (AvgIpc) is 2.07. The quantitative estimate of drug-likeness (QED) is 0.276. The lowest BCUT2D eigenvalue weighted by molar-refractivity contribution is 0.630.